The summed E-state index contributed by atoms with van der Waals surface area (Å²) in [6.45, 7) is 6.09. The molecule has 1 fully saturated rings. The van der Waals surface area contributed by atoms with Gasteiger partial charge in [0.05, 0.1) is 12.3 Å². The second-order valence-electron chi connectivity index (χ2n) is 4.40. The maximum Gasteiger partial charge on any atom is 0.251 e. The van der Waals surface area contributed by atoms with Crippen molar-refractivity contribution in [2.75, 3.05) is 33.3 Å². The molecule has 6 heteroatoms. The van der Waals surface area contributed by atoms with Crippen molar-refractivity contribution in [3.05, 3.63) is 27.9 Å². The maximum atomic E-state index is 11.6. The van der Waals surface area contributed by atoms with E-state index in [0.717, 1.165) is 25.3 Å². The monoisotopic (exact) mass is 252 g/mol. The zero-order valence-electron chi connectivity index (χ0n) is 10.9. The van der Waals surface area contributed by atoms with Crippen LogP contribution >= 0.6 is 0 Å². The summed E-state index contributed by atoms with van der Waals surface area (Å²) in [6.07, 6.45) is -0.136. The Bertz CT molecular complexity index is 446. The van der Waals surface area contributed by atoms with E-state index in [2.05, 4.69) is 27.1 Å². The number of H-pyrrole nitrogens is 1. The molecule has 2 rings (SSSR count). The van der Waals surface area contributed by atoms with Crippen molar-refractivity contribution in [2.45, 2.75) is 19.6 Å². The molecule has 2 heterocycles. The van der Waals surface area contributed by atoms with Gasteiger partial charge in [0.15, 0.2) is 0 Å². The van der Waals surface area contributed by atoms with E-state index in [1.807, 2.05) is 7.05 Å². The Morgan fingerprint density at radius 1 is 1.67 bits per heavy atom. The van der Waals surface area contributed by atoms with Gasteiger partial charge in [-0.15, -0.1) is 0 Å². The molecule has 1 aromatic heterocycles. The zero-order chi connectivity index (χ0) is 13.0. The Kier molecular flexibility index (Phi) is 4.46. The number of aromatic nitrogens is 2. The SMILES string of the molecule is CCN1CCOC(c2nc(CNC)cc(=O)[nH]2)C1. The summed E-state index contributed by atoms with van der Waals surface area (Å²) in [5, 5.41) is 2.99. The van der Waals surface area contributed by atoms with Gasteiger partial charge in [-0.05, 0) is 13.6 Å². The van der Waals surface area contributed by atoms with Gasteiger partial charge in [0, 0.05) is 25.7 Å². The van der Waals surface area contributed by atoms with Crippen LogP contribution in [0.5, 0.6) is 0 Å². The lowest BCUT2D eigenvalue weighted by molar-refractivity contribution is -0.0327. The summed E-state index contributed by atoms with van der Waals surface area (Å²) in [7, 11) is 1.83. The highest BCUT2D eigenvalue weighted by Gasteiger charge is 2.23. The summed E-state index contributed by atoms with van der Waals surface area (Å²) in [4.78, 5) is 21.1. The van der Waals surface area contributed by atoms with Crippen LogP contribution in [0.25, 0.3) is 0 Å². The lowest BCUT2D eigenvalue weighted by atomic mass is 10.2. The molecule has 2 N–H and O–H groups in total. The highest BCUT2D eigenvalue weighted by Crippen LogP contribution is 2.18. The number of hydrogen-bond acceptors (Lipinski definition) is 5. The minimum atomic E-state index is -0.136. The predicted molar refractivity (Wildman–Crippen MR) is 68.4 cm³/mol. The maximum absolute atomic E-state index is 11.6. The number of nitrogens with zero attached hydrogens (tertiary/aromatic N) is 2. The van der Waals surface area contributed by atoms with Crippen LogP contribution in [0.4, 0.5) is 0 Å². The first-order valence-electron chi connectivity index (χ1n) is 6.31. The summed E-state index contributed by atoms with van der Waals surface area (Å²) in [6, 6.07) is 1.51. The standard InChI is InChI=1S/C12H20N4O2/c1-3-16-4-5-18-10(8-16)12-14-9(7-13-2)6-11(17)15-12/h6,10,13H,3-5,7-8H2,1-2H3,(H,14,15,17). The third-order valence-corrected chi connectivity index (χ3v) is 3.07. The van der Waals surface area contributed by atoms with Crippen molar-refractivity contribution in [2.24, 2.45) is 0 Å². The van der Waals surface area contributed by atoms with Gasteiger partial charge < -0.3 is 15.0 Å². The van der Waals surface area contributed by atoms with Crippen LogP contribution in [-0.4, -0.2) is 48.2 Å². The number of hydrogen-bond donors (Lipinski definition) is 2. The summed E-state index contributed by atoms with van der Waals surface area (Å²) in [5.41, 5.74) is 0.621. The number of morpholine rings is 1. The van der Waals surface area contributed by atoms with Crippen molar-refractivity contribution < 1.29 is 4.74 Å². The molecule has 100 valence electrons. The molecule has 1 aliphatic rings. The number of likely N-dealkylation sites (N-methyl/N-ethyl adjacent to an activating group) is 1. The molecular formula is C12H20N4O2. The van der Waals surface area contributed by atoms with E-state index in [1.165, 1.54) is 6.07 Å². The molecule has 1 unspecified atom stereocenters. The number of nitrogens with one attached hydrogen (secondary N) is 2. The smallest absolute Gasteiger partial charge is 0.251 e. The third-order valence-electron chi connectivity index (χ3n) is 3.07. The minimum Gasteiger partial charge on any atom is -0.368 e. The van der Waals surface area contributed by atoms with Gasteiger partial charge in [-0.1, -0.05) is 6.92 Å². The van der Waals surface area contributed by atoms with Crippen LogP contribution in [0.1, 0.15) is 24.5 Å². The topological polar surface area (TPSA) is 70.2 Å². The van der Waals surface area contributed by atoms with Crippen molar-refractivity contribution in [1.29, 1.82) is 0 Å². The molecule has 1 aliphatic heterocycles. The lowest BCUT2D eigenvalue weighted by Crippen LogP contribution is -2.39. The highest BCUT2D eigenvalue weighted by atomic mass is 16.5. The molecule has 6 nitrogen and oxygen atoms in total. The largest absolute Gasteiger partial charge is 0.368 e. The molecule has 0 bridgehead atoms. The quantitative estimate of drug-likeness (QED) is 0.782. The molecule has 0 amide bonds. The minimum absolute atomic E-state index is 0.123. The molecule has 1 aromatic rings. The number of rotatable bonds is 4. The van der Waals surface area contributed by atoms with E-state index in [1.54, 1.807) is 0 Å². The third kappa shape index (κ3) is 3.16. The van der Waals surface area contributed by atoms with Crippen molar-refractivity contribution in [1.82, 2.24) is 20.2 Å². The fourth-order valence-electron chi connectivity index (χ4n) is 2.11. The summed E-state index contributed by atoms with van der Waals surface area (Å²) >= 11 is 0. The second-order valence-corrected chi connectivity index (χ2v) is 4.40. The van der Waals surface area contributed by atoms with Gasteiger partial charge in [-0.3, -0.25) is 9.69 Å². The van der Waals surface area contributed by atoms with E-state index in [0.29, 0.717) is 19.0 Å². The Hall–Kier alpha value is -1.24. The molecule has 1 atom stereocenters. The number of ether oxygens (including phenoxy) is 1. The molecule has 0 aliphatic carbocycles. The highest BCUT2D eigenvalue weighted by molar-refractivity contribution is 5.05. The first-order chi connectivity index (χ1) is 8.72. The lowest BCUT2D eigenvalue weighted by Gasteiger charge is -2.31. The van der Waals surface area contributed by atoms with E-state index in [9.17, 15) is 4.79 Å². The van der Waals surface area contributed by atoms with E-state index in [4.69, 9.17) is 4.74 Å². The van der Waals surface area contributed by atoms with Crippen LogP contribution in [0.2, 0.25) is 0 Å². The van der Waals surface area contributed by atoms with Gasteiger partial charge in [0.2, 0.25) is 0 Å². The predicted octanol–water partition coefficient (Wildman–Crippen LogP) is -0.117. The Morgan fingerprint density at radius 3 is 3.22 bits per heavy atom. The van der Waals surface area contributed by atoms with Crippen LogP contribution in [-0.2, 0) is 11.3 Å². The number of aromatic amines is 1. The van der Waals surface area contributed by atoms with Crippen LogP contribution in [0.15, 0.2) is 10.9 Å². The second kappa shape index (κ2) is 6.08. The first-order valence-corrected chi connectivity index (χ1v) is 6.31. The Morgan fingerprint density at radius 2 is 2.50 bits per heavy atom. The van der Waals surface area contributed by atoms with Crippen molar-refractivity contribution >= 4 is 0 Å². The van der Waals surface area contributed by atoms with Gasteiger partial charge in [0.25, 0.3) is 5.56 Å². The zero-order valence-corrected chi connectivity index (χ0v) is 10.9. The average molecular weight is 252 g/mol. The summed E-state index contributed by atoms with van der Waals surface area (Å²) in [5.74, 6) is 0.630. The molecule has 0 saturated carbocycles. The van der Waals surface area contributed by atoms with Crippen molar-refractivity contribution in [3.8, 4) is 0 Å². The Balaban J connectivity index is 2.18. The van der Waals surface area contributed by atoms with Gasteiger partial charge in [-0.2, -0.15) is 0 Å². The van der Waals surface area contributed by atoms with Crippen LogP contribution in [0.3, 0.4) is 0 Å². The normalized spacial score (nSPS) is 21.1. The fraction of sp³-hybridized carbons (Fsp3) is 0.667. The molecule has 1 saturated heterocycles. The fourth-order valence-corrected chi connectivity index (χ4v) is 2.11. The first kappa shape index (κ1) is 13.2. The Labute approximate surface area is 106 Å². The average Bonchev–Trinajstić information content (AvgIpc) is 2.38. The van der Waals surface area contributed by atoms with Crippen molar-refractivity contribution in [3.63, 3.8) is 0 Å². The van der Waals surface area contributed by atoms with E-state index in [-0.39, 0.29) is 11.7 Å². The van der Waals surface area contributed by atoms with Gasteiger partial charge in [-0.25, -0.2) is 4.98 Å². The summed E-state index contributed by atoms with van der Waals surface area (Å²) < 4.78 is 5.69. The van der Waals surface area contributed by atoms with Gasteiger partial charge in [0.1, 0.15) is 11.9 Å². The van der Waals surface area contributed by atoms with Gasteiger partial charge >= 0.3 is 0 Å². The molecule has 18 heavy (non-hydrogen) atoms. The molecule has 0 aromatic carbocycles. The van der Waals surface area contributed by atoms with Crippen LogP contribution < -0.4 is 10.9 Å². The van der Waals surface area contributed by atoms with Crippen LogP contribution in [0, 0.1) is 0 Å². The molecule has 0 radical (unpaired) electrons. The van der Waals surface area contributed by atoms with E-state index < -0.39 is 0 Å². The molecular weight excluding hydrogens is 232 g/mol. The molecule has 0 spiro atoms. The van der Waals surface area contributed by atoms with E-state index >= 15 is 0 Å².